The van der Waals surface area contributed by atoms with Gasteiger partial charge in [0.05, 0.1) is 0 Å². The Morgan fingerprint density at radius 3 is 2.68 bits per heavy atom. The summed E-state index contributed by atoms with van der Waals surface area (Å²) in [6, 6.07) is 10.8. The van der Waals surface area contributed by atoms with Crippen molar-refractivity contribution in [1.29, 1.82) is 0 Å². The van der Waals surface area contributed by atoms with E-state index in [4.69, 9.17) is 0 Å². The zero-order valence-corrected chi connectivity index (χ0v) is 12.0. The molecule has 1 aromatic carbocycles. The number of guanidine groups is 1. The molecule has 2 N–H and O–H groups in total. The summed E-state index contributed by atoms with van der Waals surface area (Å²) in [5.74, 6) is 2.40. The Kier molecular flexibility index (Phi) is 5.25. The van der Waals surface area contributed by atoms with Gasteiger partial charge in [-0.1, -0.05) is 37.3 Å². The minimum Gasteiger partial charge on any atom is -0.357 e. The van der Waals surface area contributed by atoms with Gasteiger partial charge in [-0.25, -0.2) is 0 Å². The van der Waals surface area contributed by atoms with E-state index in [0.29, 0.717) is 0 Å². The predicted molar refractivity (Wildman–Crippen MR) is 81.6 cm³/mol. The first kappa shape index (κ1) is 13.9. The Bertz CT molecular complexity index is 400. The first-order valence-corrected chi connectivity index (χ1v) is 7.42. The number of hydrogen-bond donors (Lipinski definition) is 2. The summed E-state index contributed by atoms with van der Waals surface area (Å²) in [6.07, 6.45) is 2.40. The molecule has 104 valence electrons. The van der Waals surface area contributed by atoms with Crippen LogP contribution in [0.25, 0.3) is 0 Å². The Balaban J connectivity index is 1.81. The fourth-order valence-corrected chi connectivity index (χ4v) is 2.35. The lowest BCUT2D eigenvalue weighted by atomic mass is 10.1. The number of rotatable bonds is 6. The van der Waals surface area contributed by atoms with Crippen molar-refractivity contribution in [3.63, 3.8) is 0 Å². The van der Waals surface area contributed by atoms with E-state index in [-0.39, 0.29) is 0 Å². The maximum Gasteiger partial charge on any atom is 0.191 e. The van der Waals surface area contributed by atoms with Gasteiger partial charge in [0.15, 0.2) is 5.96 Å². The molecule has 1 fully saturated rings. The van der Waals surface area contributed by atoms with E-state index in [1.165, 1.54) is 12.0 Å². The molecule has 0 amide bonds. The molecule has 1 saturated carbocycles. The van der Waals surface area contributed by atoms with Gasteiger partial charge in [0.2, 0.25) is 0 Å². The minimum atomic E-state index is 0.721. The van der Waals surface area contributed by atoms with Crippen LogP contribution in [0.1, 0.15) is 38.2 Å². The second kappa shape index (κ2) is 7.17. The van der Waals surface area contributed by atoms with E-state index < -0.39 is 0 Å². The normalized spacial score (nSPS) is 22.1. The summed E-state index contributed by atoms with van der Waals surface area (Å²) in [6.45, 7) is 7.11. The Labute approximate surface area is 116 Å². The standard InChI is InChI=1S/C16H25N3/c1-3-10-18-16(17-4-2)19-12-14-11-15(14)13-8-6-5-7-9-13/h5-9,14-15H,3-4,10-12H2,1-2H3,(H2,17,18,19). The van der Waals surface area contributed by atoms with Gasteiger partial charge in [0.1, 0.15) is 0 Å². The molecule has 3 heteroatoms. The average Bonchev–Trinajstić information content (AvgIpc) is 3.22. The Hall–Kier alpha value is -1.51. The highest BCUT2D eigenvalue weighted by Crippen LogP contribution is 2.47. The molecule has 0 spiro atoms. The largest absolute Gasteiger partial charge is 0.357 e. The third-order valence-corrected chi connectivity index (χ3v) is 3.52. The average molecular weight is 259 g/mol. The first-order valence-electron chi connectivity index (χ1n) is 7.42. The summed E-state index contributed by atoms with van der Waals surface area (Å²) in [4.78, 5) is 4.68. The van der Waals surface area contributed by atoms with Gasteiger partial charge in [0, 0.05) is 19.6 Å². The van der Waals surface area contributed by atoms with Crippen molar-refractivity contribution in [3.05, 3.63) is 35.9 Å². The Morgan fingerprint density at radius 1 is 1.21 bits per heavy atom. The van der Waals surface area contributed by atoms with Crippen molar-refractivity contribution >= 4 is 5.96 Å². The van der Waals surface area contributed by atoms with E-state index in [9.17, 15) is 0 Å². The van der Waals surface area contributed by atoms with Gasteiger partial charge < -0.3 is 10.6 Å². The van der Waals surface area contributed by atoms with Crippen LogP contribution in [0.15, 0.2) is 35.3 Å². The molecule has 1 aliphatic carbocycles. The lowest BCUT2D eigenvalue weighted by Gasteiger charge is -2.10. The number of aliphatic imine (C=N–C) groups is 1. The van der Waals surface area contributed by atoms with Gasteiger partial charge in [0.25, 0.3) is 0 Å². The van der Waals surface area contributed by atoms with Crippen LogP contribution >= 0.6 is 0 Å². The van der Waals surface area contributed by atoms with Crippen LogP contribution in [0.5, 0.6) is 0 Å². The highest BCUT2D eigenvalue weighted by atomic mass is 15.2. The summed E-state index contributed by atoms with van der Waals surface area (Å²) < 4.78 is 0. The molecule has 1 aromatic rings. The second-order valence-corrected chi connectivity index (χ2v) is 5.16. The zero-order valence-electron chi connectivity index (χ0n) is 12.0. The van der Waals surface area contributed by atoms with Crippen molar-refractivity contribution in [1.82, 2.24) is 10.6 Å². The number of benzene rings is 1. The summed E-state index contributed by atoms with van der Waals surface area (Å²) in [5, 5.41) is 6.64. The maximum atomic E-state index is 4.68. The van der Waals surface area contributed by atoms with Crippen LogP contribution in [0.4, 0.5) is 0 Å². The quantitative estimate of drug-likeness (QED) is 0.609. The number of nitrogens with one attached hydrogen (secondary N) is 2. The molecular formula is C16H25N3. The molecule has 3 nitrogen and oxygen atoms in total. The van der Waals surface area contributed by atoms with Gasteiger partial charge in [-0.3, -0.25) is 4.99 Å². The fourth-order valence-electron chi connectivity index (χ4n) is 2.35. The van der Waals surface area contributed by atoms with Crippen LogP contribution in [-0.4, -0.2) is 25.6 Å². The third-order valence-electron chi connectivity index (χ3n) is 3.52. The van der Waals surface area contributed by atoms with Crippen molar-refractivity contribution in [2.75, 3.05) is 19.6 Å². The molecule has 2 atom stereocenters. The summed E-state index contributed by atoms with van der Waals surface area (Å²) in [5.41, 5.74) is 1.47. The molecule has 2 unspecified atom stereocenters. The van der Waals surface area contributed by atoms with Gasteiger partial charge in [-0.15, -0.1) is 0 Å². The van der Waals surface area contributed by atoms with E-state index in [1.807, 2.05) is 0 Å². The molecule has 19 heavy (non-hydrogen) atoms. The summed E-state index contributed by atoms with van der Waals surface area (Å²) in [7, 11) is 0. The van der Waals surface area contributed by atoms with E-state index in [2.05, 4.69) is 59.8 Å². The third kappa shape index (κ3) is 4.27. The van der Waals surface area contributed by atoms with E-state index in [0.717, 1.165) is 43.9 Å². The fraction of sp³-hybridized carbons (Fsp3) is 0.562. The van der Waals surface area contributed by atoms with E-state index >= 15 is 0 Å². The monoisotopic (exact) mass is 259 g/mol. The van der Waals surface area contributed by atoms with Gasteiger partial charge in [-0.05, 0) is 37.2 Å². The highest BCUT2D eigenvalue weighted by molar-refractivity contribution is 5.79. The molecule has 0 radical (unpaired) electrons. The number of nitrogens with zero attached hydrogens (tertiary/aromatic N) is 1. The molecule has 2 rings (SSSR count). The molecule has 0 bridgehead atoms. The van der Waals surface area contributed by atoms with Crippen LogP contribution in [0.2, 0.25) is 0 Å². The smallest absolute Gasteiger partial charge is 0.191 e. The van der Waals surface area contributed by atoms with Crippen molar-refractivity contribution in [2.45, 2.75) is 32.6 Å². The van der Waals surface area contributed by atoms with Crippen LogP contribution in [0, 0.1) is 5.92 Å². The molecule has 0 heterocycles. The molecule has 0 saturated heterocycles. The van der Waals surface area contributed by atoms with Crippen LogP contribution in [-0.2, 0) is 0 Å². The molecule has 0 aromatic heterocycles. The highest BCUT2D eigenvalue weighted by Gasteiger charge is 2.37. The summed E-state index contributed by atoms with van der Waals surface area (Å²) >= 11 is 0. The van der Waals surface area contributed by atoms with Crippen molar-refractivity contribution < 1.29 is 0 Å². The first-order chi connectivity index (χ1) is 9.35. The predicted octanol–water partition coefficient (Wildman–Crippen LogP) is 2.76. The van der Waals surface area contributed by atoms with Gasteiger partial charge >= 0.3 is 0 Å². The van der Waals surface area contributed by atoms with Crippen LogP contribution in [0.3, 0.4) is 0 Å². The maximum absolute atomic E-state index is 4.68. The van der Waals surface area contributed by atoms with Gasteiger partial charge in [-0.2, -0.15) is 0 Å². The molecule has 0 aliphatic heterocycles. The lowest BCUT2D eigenvalue weighted by Crippen LogP contribution is -2.37. The van der Waals surface area contributed by atoms with Crippen molar-refractivity contribution in [2.24, 2.45) is 10.9 Å². The Morgan fingerprint density at radius 2 is 2.00 bits per heavy atom. The molecular weight excluding hydrogens is 234 g/mol. The SMILES string of the molecule is CCCNC(=NCC1CC1c1ccccc1)NCC. The van der Waals surface area contributed by atoms with E-state index in [1.54, 1.807) is 0 Å². The minimum absolute atomic E-state index is 0.721. The number of hydrogen-bond acceptors (Lipinski definition) is 1. The van der Waals surface area contributed by atoms with Crippen LogP contribution < -0.4 is 10.6 Å². The lowest BCUT2D eigenvalue weighted by molar-refractivity contribution is 0.757. The van der Waals surface area contributed by atoms with Crippen molar-refractivity contribution in [3.8, 4) is 0 Å². The zero-order chi connectivity index (χ0) is 13.5. The topological polar surface area (TPSA) is 36.4 Å². The second-order valence-electron chi connectivity index (χ2n) is 5.16. The molecule has 1 aliphatic rings.